The van der Waals surface area contributed by atoms with Crippen LogP contribution in [0.2, 0.25) is 0 Å². The van der Waals surface area contributed by atoms with Gasteiger partial charge in [-0.2, -0.15) is 0 Å². The molecule has 1 aliphatic carbocycles. The van der Waals surface area contributed by atoms with Crippen LogP contribution in [0.5, 0.6) is 0 Å². The van der Waals surface area contributed by atoms with Crippen LogP contribution in [0.3, 0.4) is 0 Å². The lowest BCUT2D eigenvalue weighted by Crippen LogP contribution is -2.55. The molecule has 1 fully saturated rings. The highest BCUT2D eigenvalue weighted by Crippen LogP contribution is 2.21. The molecule has 0 aliphatic heterocycles. The average molecular weight is 258 g/mol. The summed E-state index contributed by atoms with van der Waals surface area (Å²) < 4.78 is 5.13. The van der Waals surface area contributed by atoms with E-state index >= 15 is 0 Å². The Morgan fingerprint density at radius 1 is 1.28 bits per heavy atom. The maximum absolute atomic E-state index is 11.5. The lowest BCUT2D eigenvalue weighted by Gasteiger charge is -2.37. The van der Waals surface area contributed by atoms with Crippen LogP contribution in [-0.2, 0) is 9.53 Å². The fraction of sp³-hybridized carbons (Fsp3) is 0.833. The summed E-state index contributed by atoms with van der Waals surface area (Å²) in [7, 11) is 0. The van der Waals surface area contributed by atoms with Crippen molar-refractivity contribution in [1.82, 2.24) is 10.6 Å². The van der Waals surface area contributed by atoms with Gasteiger partial charge in [0.25, 0.3) is 0 Å². The van der Waals surface area contributed by atoms with Gasteiger partial charge in [-0.25, -0.2) is 4.79 Å². The Hall–Kier alpha value is -1.30. The molecule has 0 radical (unpaired) electrons. The van der Waals surface area contributed by atoms with Gasteiger partial charge in [-0.3, -0.25) is 4.79 Å². The van der Waals surface area contributed by atoms with Crippen molar-refractivity contribution in [3.63, 3.8) is 0 Å². The summed E-state index contributed by atoms with van der Waals surface area (Å²) in [4.78, 5) is 22.1. The fourth-order valence-electron chi connectivity index (χ4n) is 1.77. The van der Waals surface area contributed by atoms with Crippen molar-refractivity contribution in [3.05, 3.63) is 0 Å². The van der Waals surface area contributed by atoms with Crippen LogP contribution in [0.1, 0.15) is 40.5 Å². The predicted octanol–water partition coefficient (Wildman–Crippen LogP) is 1.10. The Morgan fingerprint density at radius 3 is 2.28 bits per heavy atom. The quantitative estimate of drug-likeness (QED) is 0.703. The van der Waals surface area contributed by atoms with E-state index in [9.17, 15) is 9.59 Å². The second kappa shape index (κ2) is 5.56. The number of aliphatic carboxylic acids is 1. The fourth-order valence-corrected chi connectivity index (χ4v) is 1.77. The van der Waals surface area contributed by atoms with Crippen molar-refractivity contribution in [1.29, 1.82) is 0 Å². The number of nitrogens with one attached hydrogen (secondary N) is 2. The highest BCUT2D eigenvalue weighted by molar-refractivity contribution is 5.73. The second-order valence-electron chi connectivity index (χ2n) is 5.74. The van der Waals surface area contributed by atoms with Crippen molar-refractivity contribution in [2.75, 3.05) is 0 Å². The van der Waals surface area contributed by atoms with Crippen molar-refractivity contribution in [2.24, 2.45) is 0 Å². The summed E-state index contributed by atoms with van der Waals surface area (Å²) in [5.74, 6) is -0.862. The van der Waals surface area contributed by atoms with Crippen molar-refractivity contribution in [2.45, 2.75) is 64.3 Å². The molecule has 0 saturated heterocycles. The van der Waals surface area contributed by atoms with Crippen molar-refractivity contribution in [3.8, 4) is 0 Å². The normalized spacial score (nSPS) is 24.9. The van der Waals surface area contributed by atoms with Crippen molar-refractivity contribution >= 4 is 12.1 Å². The molecule has 1 atom stereocenters. The van der Waals surface area contributed by atoms with Gasteiger partial charge in [-0.1, -0.05) is 0 Å². The summed E-state index contributed by atoms with van der Waals surface area (Å²) in [6.45, 7) is 7.04. The maximum atomic E-state index is 11.5. The topological polar surface area (TPSA) is 87.7 Å². The number of carbonyl (C=O) groups is 2. The first kappa shape index (κ1) is 14.8. The molecule has 6 nitrogen and oxygen atoms in total. The molecule has 6 heteroatoms. The van der Waals surface area contributed by atoms with Gasteiger partial charge in [0.15, 0.2) is 0 Å². The van der Waals surface area contributed by atoms with Gasteiger partial charge in [0.05, 0.1) is 0 Å². The summed E-state index contributed by atoms with van der Waals surface area (Å²) >= 11 is 0. The first-order chi connectivity index (χ1) is 8.17. The van der Waals surface area contributed by atoms with Crippen LogP contribution in [0.25, 0.3) is 0 Å². The molecule has 0 aromatic carbocycles. The molecule has 0 bridgehead atoms. The molecule has 1 aliphatic rings. The molecule has 0 aromatic rings. The molecule has 104 valence electrons. The Bertz CT molecular complexity index is 319. The van der Waals surface area contributed by atoms with Crippen LogP contribution in [-0.4, -0.2) is 40.9 Å². The van der Waals surface area contributed by atoms with E-state index in [0.29, 0.717) is 0 Å². The first-order valence-electron chi connectivity index (χ1n) is 6.16. The van der Waals surface area contributed by atoms with Gasteiger partial charge in [0.2, 0.25) is 0 Å². The predicted molar refractivity (Wildman–Crippen MR) is 66.4 cm³/mol. The second-order valence-corrected chi connectivity index (χ2v) is 5.74. The van der Waals surface area contributed by atoms with E-state index in [-0.39, 0.29) is 12.1 Å². The molecule has 18 heavy (non-hydrogen) atoms. The van der Waals surface area contributed by atoms with Gasteiger partial charge in [-0.15, -0.1) is 0 Å². The molecule has 3 N–H and O–H groups in total. The number of carboxylic acids is 1. The number of alkyl carbamates (subject to hydrolysis) is 1. The molecule has 0 spiro atoms. The Morgan fingerprint density at radius 2 is 1.83 bits per heavy atom. The van der Waals surface area contributed by atoms with E-state index < -0.39 is 23.7 Å². The minimum atomic E-state index is -0.862. The highest BCUT2D eigenvalue weighted by Gasteiger charge is 2.33. The largest absolute Gasteiger partial charge is 0.480 e. The van der Waals surface area contributed by atoms with Crippen LogP contribution < -0.4 is 10.6 Å². The van der Waals surface area contributed by atoms with Gasteiger partial charge in [0.1, 0.15) is 11.6 Å². The van der Waals surface area contributed by atoms with E-state index in [2.05, 4.69) is 10.6 Å². The SMILES string of the molecule is CC(NC1CC(NC(=O)OC(C)(C)C)C1)C(=O)O. The molecule has 1 unspecified atom stereocenters. The van der Waals surface area contributed by atoms with Gasteiger partial charge < -0.3 is 20.5 Å². The number of hydrogen-bond donors (Lipinski definition) is 3. The number of carboxylic acid groups (broad SMARTS) is 1. The zero-order valence-electron chi connectivity index (χ0n) is 11.3. The number of carbonyl (C=O) groups excluding carboxylic acids is 1. The molecule has 0 heterocycles. The zero-order valence-corrected chi connectivity index (χ0v) is 11.3. The number of amides is 1. The monoisotopic (exact) mass is 258 g/mol. The highest BCUT2D eigenvalue weighted by atomic mass is 16.6. The molecular formula is C12H22N2O4. The number of ether oxygens (including phenoxy) is 1. The third-order valence-electron chi connectivity index (χ3n) is 2.72. The molecule has 0 aromatic heterocycles. The third kappa shape index (κ3) is 4.91. The lowest BCUT2D eigenvalue weighted by molar-refractivity contribution is -0.139. The summed E-state index contributed by atoms with van der Waals surface area (Å²) in [6.07, 6.45) is 1.05. The summed E-state index contributed by atoms with van der Waals surface area (Å²) in [5, 5.41) is 14.5. The van der Waals surface area contributed by atoms with E-state index in [1.807, 2.05) is 20.8 Å². The van der Waals surface area contributed by atoms with E-state index in [1.165, 1.54) is 0 Å². The standard InChI is InChI=1S/C12H22N2O4/c1-7(10(15)16)13-8-5-9(6-8)14-11(17)18-12(2,3)4/h7-9,13H,5-6H2,1-4H3,(H,14,17)(H,15,16). The van der Waals surface area contributed by atoms with Crippen molar-refractivity contribution < 1.29 is 19.4 Å². The molecular weight excluding hydrogens is 236 g/mol. The van der Waals surface area contributed by atoms with Crippen LogP contribution >= 0.6 is 0 Å². The average Bonchev–Trinajstić information content (AvgIpc) is 2.10. The van der Waals surface area contributed by atoms with Gasteiger partial charge in [-0.05, 0) is 40.5 Å². The maximum Gasteiger partial charge on any atom is 0.407 e. The smallest absolute Gasteiger partial charge is 0.407 e. The Kier molecular flexibility index (Phi) is 4.56. The molecule has 1 saturated carbocycles. The van der Waals surface area contributed by atoms with Crippen LogP contribution in [0.15, 0.2) is 0 Å². The summed E-state index contributed by atoms with van der Waals surface area (Å²) in [6, 6.07) is -0.341. The number of hydrogen-bond acceptors (Lipinski definition) is 4. The van der Waals surface area contributed by atoms with E-state index in [1.54, 1.807) is 6.92 Å². The zero-order chi connectivity index (χ0) is 13.9. The van der Waals surface area contributed by atoms with E-state index in [4.69, 9.17) is 9.84 Å². The van der Waals surface area contributed by atoms with Crippen LogP contribution in [0, 0.1) is 0 Å². The minimum Gasteiger partial charge on any atom is -0.480 e. The third-order valence-corrected chi connectivity index (χ3v) is 2.72. The van der Waals surface area contributed by atoms with Crippen LogP contribution in [0.4, 0.5) is 4.79 Å². The summed E-state index contributed by atoms with van der Waals surface area (Å²) in [5.41, 5.74) is -0.497. The minimum absolute atomic E-state index is 0.0679. The molecule has 1 rings (SSSR count). The Balaban J connectivity index is 2.19. The van der Waals surface area contributed by atoms with E-state index in [0.717, 1.165) is 12.8 Å². The van der Waals surface area contributed by atoms with Gasteiger partial charge in [0, 0.05) is 12.1 Å². The molecule has 1 amide bonds. The van der Waals surface area contributed by atoms with Gasteiger partial charge >= 0.3 is 12.1 Å². The Labute approximate surface area is 107 Å². The number of rotatable bonds is 4. The lowest BCUT2D eigenvalue weighted by atomic mass is 9.86. The first-order valence-corrected chi connectivity index (χ1v) is 6.16.